The van der Waals surface area contributed by atoms with Gasteiger partial charge >= 0.3 is 5.69 Å². The molecular formula is C16H15FN2O3. The molecule has 0 radical (unpaired) electrons. The molecule has 22 heavy (non-hydrogen) atoms. The molecule has 6 heteroatoms. The first kappa shape index (κ1) is 14.3. The fourth-order valence-corrected chi connectivity index (χ4v) is 2.81. The van der Waals surface area contributed by atoms with Gasteiger partial charge in [0.05, 0.1) is 12.0 Å². The first-order valence-corrected chi connectivity index (χ1v) is 6.94. The van der Waals surface area contributed by atoms with Crippen molar-refractivity contribution in [1.82, 2.24) is 0 Å². The van der Waals surface area contributed by atoms with Crippen LogP contribution in [-0.4, -0.2) is 18.6 Å². The van der Waals surface area contributed by atoms with Gasteiger partial charge in [-0.2, -0.15) is 4.39 Å². The number of benzene rings is 2. The second-order valence-corrected chi connectivity index (χ2v) is 5.17. The lowest BCUT2D eigenvalue weighted by molar-refractivity contribution is -0.386. The molecular weight excluding hydrogens is 287 g/mol. The molecule has 0 N–H and O–H groups in total. The summed E-state index contributed by atoms with van der Waals surface area (Å²) in [5.74, 6) is -0.0618. The number of hydrogen-bond donors (Lipinski definition) is 0. The molecule has 0 spiro atoms. The summed E-state index contributed by atoms with van der Waals surface area (Å²) in [5.41, 5.74) is 2.09. The summed E-state index contributed by atoms with van der Waals surface area (Å²) in [7, 11) is 1.60. The van der Waals surface area contributed by atoms with Crippen LogP contribution in [-0.2, 0) is 13.0 Å². The van der Waals surface area contributed by atoms with Crippen molar-refractivity contribution in [3.05, 3.63) is 63.5 Å². The van der Waals surface area contributed by atoms with E-state index in [9.17, 15) is 14.5 Å². The number of para-hydroxylation sites is 1. The molecule has 1 heterocycles. The number of nitro benzene ring substituents is 1. The van der Waals surface area contributed by atoms with Crippen molar-refractivity contribution in [3.8, 4) is 5.75 Å². The van der Waals surface area contributed by atoms with E-state index >= 15 is 0 Å². The number of nitro groups is 1. The standard InChI is InChI=1S/C16H15FN2O3/c1-22-13-6-5-11-7-8-18(10-12(11)9-13)15-4-2-3-14(17)16(15)19(20)21/h2-6,9H,7-8,10H2,1H3. The predicted molar refractivity (Wildman–Crippen MR) is 80.8 cm³/mol. The molecule has 0 aliphatic carbocycles. The van der Waals surface area contributed by atoms with Crippen molar-refractivity contribution < 1.29 is 14.1 Å². The normalized spacial score (nSPS) is 13.6. The molecule has 2 aromatic rings. The summed E-state index contributed by atoms with van der Waals surface area (Å²) in [6, 6.07) is 10.0. The smallest absolute Gasteiger partial charge is 0.327 e. The Kier molecular flexibility index (Phi) is 3.66. The highest BCUT2D eigenvalue weighted by Gasteiger charge is 2.26. The zero-order chi connectivity index (χ0) is 15.7. The fraction of sp³-hybridized carbons (Fsp3) is 0.250. The van der Waals surface area contributed by atoms with Crippen LogP contribution < -0.4 is 9.64 Å². The van der Waals surface area contributed by atoms with Gasteiger partial charge in [-0.15, -0.1) is 0 Å². The third-order valence-electron chi connectivity index (χ3n) is 3.91. The van der Waals surface area contributed by atoms with Gasteiger partial charge in [0.15, 0.2) is 0 Å². The Morgan fingerprint density at radius 3 is 2.82 bits per heavy atom. The van der Waals surface area contributed by atoms with E-state index in [0.29, 0.717) is 18.8 Å². The summed E-state index contributed by atoms with van der Waals surface area (Å²) in [5, 5.41) is 11.2. The summed E-state index contributed by atoms with van der Waals surface area (Å²) in [6.07, 6.45) is 0.757. The van der Waals surface area contributed by atoms with E-state index in [1.54, 1.807) is 13.2 Å². The first-order valence-electron chi connectivity index (χ1n) is 6.94. The van der Waals surface area contributed by atoms with Crippen molar-refractivity contribution in [2.45, 2.75) is 13.0 Å². The molecule has 1 aliphatic rings. The maximum Gasteiger partial charge on any atom is 0.327 e. The van der Waals surface area contributed by atoms with Gasteiger partial charge in [0, 0.05) is 13.1 Å². The lowest BCUT2D eigenvalue weighted by atomic mass is 9.98. The van der Waals surface area contributed by atoms with Crippen molar-refractivity contribution >= 4 is 11.4 Å². The van der Waals surface area contributed by atoms with Crippen LogP contribution in [0.4, 0.5) is 15.8 Å². The van der Waals surface area contributed by atoms with E-state index in [0.717, 1.165) is 23.8 Å². The third-order valence-corrected chi connectivity index (χ3v) is 3.91. The van der Waals surface area contributed by atoms with Gasteiger partial charge in [0.25, 0.3) is 0 Å². The minimum Gasteiger partial charge on any atom is -0.497 e. The fourth-order valence-electron chi connectivity index (χ4n) is 2.81. The molecule has 3 rings (SSSR count). The van der Waals surface area contributed by atoms with Crippen molar-refractivity contribution in [3.63, 3.8) is 0 Å². The molecule has 2 aromatic carbocycles. The van der Waals surface area contributed by atoms with E-state index < -0.39 is 16.4 Å². The van der Waals surface area contributed by atoms with Crippen molar-refractivity contribution in [2.75, 3.05) is 18.6 Å². The van der Waals surface area contributed by atoms with Crippen LogP contribution in [0, 0.1) is 15.9 Å². The number of methoxy groups -OCH3 is 1. The second kappa shape index (κ2) is 5.63. The first-order chi connectivity index (χ1) is 10.6. The number of halogens is 1. The van der Waals surface area contributed by atoms with Gasteiger partial charge in [-0.1, -0.05) is 12.1 Å². The van der Waals surface area contributed by atoms with Crippen LogP contribution in [0.5, 0.6) is 5.75 Å². The molecule has 0 atom stereocenters. The van der Waals surface area contributed by atoms with Gasteiger partial charge in [-0.05, 0) is 41.8 Å². The van der Waals surface area contributed by atoms with Crippen LogP contribution in [0.3, 0.4) is 0 Å². The Morgan fingerprint density at radius 1 is 1.27 bits per heavy atom. The number of nitrogens with zero attached hydrogens (tertiary/aromatic N) is 2. The Balaban J connectivity index is 1.98. The van der Waals surface area contributed by atoms with E-state index in [1.807, 2.05) is 23.1 Å². The van der Waals surface area contributed by atoms with E-state index in [4.69, 9.17) is 4.74 Å². The Labute approximate surface area is 127 Å². The van der Waals surface area contributed by atoms with E-state index in [-0.39, 0.29) is 0 Å². The number of rotatable bonds is 3. The molecule has 0 bridgehead atoms. The van der Waals surface area contributed by atoms with Gasteiger partial charge in [0.2, 0.25) is 5.82 Å². The zero-order valence-electron chi connectivity index (χ0n) is 12.1. The van der Waals surface area contributed by atoms with Crippen LogP contribution in [0.1, 0.15) is 11.1 Å². The van der Waals surface area contributed by atoms with Crippen molar-refractivity contribution in [2.24, 2.45) is 0 Å². The van der Waals surface area contributed by atoms with Gasteiger partial charge in [-0.3, -0.25) is 10.1 Å². The zero-order valence-corrected chi connectivity index (χ0v) is 12.1. The Hall–Kier alpha value is -2.63. The Bertz CT molecular complexity index is 733. The maximum absolute atomic E-state index is 13.8. The summed E-state index contributed by atoms with van der Waals surface area (Å²) in [6.45, 7) is 1.11. The summed E-state index contributed by atoms with van der Waals surface area (Å²) < 4.78 is 19.0. The molecule has 1 aliphatic heterocycles. The number of fused-ring (bicyclic) bond motifs is 1. The highest BCUT2D eigenvalue weighted by Crippen LogP contribution is 2.34. The minimum atomic E-state index is -0.807. The third kappa shape index (κ3) is 2.47. The highest BCUT2D eigenvalue weighted by molar-refractivity contribution is 5.65. The molecule has 0 aromatic heterocycles. The van der Waals surface area contributed by atoms with E-state index in [1.165, 1.54) is 11.6 Å². The van der Waals surface area contributed by atoms with Crippen LogP contribution in [0.15, 0.2) is 36.4 Å². The monoisotopic (exact) mass is 302 g/mol. The predicted octanol–water partition coefficient (Wildman–Crippen LogP) is 3.31. The van der Waals surface area contributed by atoms with Crippen molar-refractivity contribution in [1.29, 1.82) is 0 Å². The largest absolute Gasteiger partial charge is 0.497 e. The topological polar surface area (TPSA) is 55.6 Å². The molecule has 0 saturated heterocycles. The van der Waals surface area contributed by atoms with Gasteiger partial charge < -0.3 is 9.64 Å². The SMILES string of the molecule is COc1ccc2c(c1)CN(c1cccc(F)c1[N+](=O)[O-])CC2. The van der Waals surface area contributed by atoms with Crippen LogP contribution >= 0.6 is 0 Å². The number of ether oxygens (including phenoxy) is 1. The molecule has 0 fully saturated rings. The summed E-state index contributed by atoms with van der Waals surface area (Å²) in [4.78, 5) is 12.3. The molecule has 114 valence electrons. The van der Waals surface area contributed by atoms with E-state index in [2.05, 4.69) is 0 Å². The lowest BCUT2D eigenvalue weighted by Crippen LogP contribution is -2.31. The average Bonchev–Trinajstić information content (AvgIpc) is 2.53. The minimum absolute atomic E-state index is 0.318. The van der Waals surface area contributed by atoms with Gasteiger partial charge in [-0.25, -0.2) is 0 Å². The number of anilines is 1. The quantitative estimate of drug-likeness (QED) is 0.645. The van der Waals surface area contributed by atoms with Crippen LogP contribution in [0.2, 0.25) is 0 Å². The molecule has 5 nitrogen and oxygen atoms in total. The molecule has 0 amide bonds. The second-order valence-electron chi connectivity index (χ2n) is 5.17. The summed E-state index contributed by atoms with van der Waals surface area (Å²) >= 11 is 0. The number of hydrogen-bond acceptors (Lipinski definition) is 4. The Morgan fingerprint density at radius 2 is 2.09 bits per heavy atom. The van der Waals surface area contributed by atoms with Gasteiger partial charge in [0.1, 0.15) is 11.4 Å². The highest BCUT2D eigenvalue weighted by atomic mass is 19.1. The van der Waals surface area contributed by atoms with Crippen LogP contribution in [0.25, 0.3) is 0 Å². The molecule has 0 saturated carbocycles. The average molecular weight is 302 g/mol. The lowest BCUT2D eigenvalue weighted by Gasteiger charge is -2.30. The molecule has 0 unspecified atom stereocenters. The maximum atomic E-state index is 13.8.